The minimum absolute atomic E-state index is 0.0373. The molecule has 0 spiro atoms. The summed E-state index contributed by atoms with van der Waals surface area (Å²) in [6.45, 7) is 0.387. The van der Waals surface area contributed by atoms with E-state index in [0.29, 0.717) is 17.8 Å². The molecule has 1 unspecified atom stereocenters. The molecule has 140 valence electrons. The summed E-state index contributed by atoms with van der Waals surface area (Å²) in [5.74, 6) is -1.58. The molecule has 0 saturated carbocycles. The zero-order valence-corrected chi connectivity index (χ0v) is 15.1. The second-order valence-corrected chi connectivity index (χ2v) is 6.78. The molecule has 0 fully saturated rings. The molecule has 1 aliphatic heterocycles. The fourth-order valence-corrected chi connectivity index (χ4v) is 3.52. The van der Waals surface area contributed by atoms with Crippen molar-refractivity contribution in [1.82, 2.24) is 0 Å². The van der Waals surface area contributed by atoms with Crippen LogP contribution in [0.25, 0.3) is 0 Å². The topological polar surface area (TPSA) is 49.4 Å². The number of amides is 2. The number of para-hydroxylation sites is 1. The number of carbonyl (C=O) groups is 2. The van der Waals surface area contributed by atoms with Crippen LogP contribution in [-0.2, 0) is 16.1 Å². The Morgan fingerprint density at radius 3 is 2.39 bits per heavy atom. The predicted octanol–water partition coefficient (Wildman–Crippen LogP) is 4.48. The number of rotatable bonds is 4. The van der Waals surface area contributed by atoms with Crippen molar-refractivity contribution in [3.05, 3.63) is 95.8 Å². The van der Waals surface area contributed by atoms with Gasteiger partial charge in [-0.15, -0.1) is 0 Å². The van der Waals surface area contributed by atoms with Gasteiger partial charge in [-0.05, 0) is 35.4 Å². The number of benzene rings is 3. The van der Waals surface area contributed by atoms with Gasteiger partial charge in [-0.25, -0.2) is 4.39 Å². The van der Waals surface area contributed by atoms with Gasteiger partial charge in [0, 0.05) is 17.8 Å². The molecule has 0 aliphatic carbocycles. The van der Waals surface area contributed by atoms with Crippen molar-refractivity contribution in [1.29, 1.82) is 0 Å². The van der Waals surface area contributed by atoms with Crippen molar-refractivity contribution in [3.63, 3.8) is 0 Å². The van der Waals surface area contributed by atoms with Crippen LogP contribution in [0, 0.1) is 5.82 Å². The number of carbonyl (C=O) groups excluding carboxylic acids is 2. The highest BCUT2D eigenvalue weighted by Crippen LogP contribution is 2.35. The molecule has 3 aromatic carbocycles. The van der Waals surface area contributed by atoms with Crippen LogP contribution in [-0.4, -0.2) is 11.8 Å². The Morgan fingerprint density at radius 1 is 1.00 bits per heavy atom. The Bertz CT molecular complexity index is 1010. The minimum Gasteiger partial charge on any atom is -0.326 e. The largest absolute Gasteiger partial charge is 0.326 e. The second-order valence-electron chi connectivity index (χ2n) is 6.78. The fourth-order valence-electron chi connectivity index (χ4n) is 3.52. The summed E-state index contributed by atoms with van der Waals surface area (Å²) >= 11 is 0. The maximum Gasteiger partial charge on any atom is 0.235 e. The monoisotopic (exact) mass is 374 g/mol. The van der Waals surface area contributed by atoms with Crippen molar-refractivity contribution < 1.29 is 14.0 Å². The molecule has 2 amide bonds. The Hall–Kier alpha value is -3.47. The Labute approximate surface area is 162 Å². The molecular formula is C23H19FN2O2. The summed E-state index contributed by atoms with van der Waals surface area (Å²) in [4.78, 5) is 27.4. The third kappa shape index (κ3) is 3.64. The predicted molar refractivity (Wildman–Crippen MR) is 106 cm³/mol. The van der Waals surface area contributed by atoms with E-state index in [2.05, 4.69) is 5.32 Å². The molecule has 4 rings (SSSR count). The quantitative estimate of drug-likeness (QED) is 0.732. The van der Waals surface area contributed by atoms with E-state index in [1.165, 1.54) is 12.1 Å². The fraction of sp³-hybridized carbons (Fsp3) is 0.130. The molecule has 1 N–H and O–H groups in total. The molecule has 28 heavy (non-hydrogen) atoms. The molecule has 4 nitrogen and oxygen atoms in total. The highest BCUT2D eigenvalue weighted by atomic mass is 19.1. The molecule has 1 heterocycles. The van der Waals surface area contributed by atoms with Crippen LogP contribution in [0.4, 0.5) is 15.8 Å². The summed E-state index contributed by atoms with van der Waals surface area (Å²) in [5.41, 5.74) is 2.74. The van der Waals surface area contributed by atoms with E-state index in [-0.39, 0.29) is 18.2 Å². The van der Waals surface area contributed by atoms with Crippen LogP contribution in [0.3, 0.4) is 0 Å². The van der Waals surface area contributed by atoms with Crippen LogP contribution >= 0.6 is 0 Å². The summed E-state index contributed by atoms with van der Waals surface area (Å²) in [6, 6.07) is 23.2. The third-order valence-electron chi connectivity index (χ3n) is 4.87. The summed E-state index contributed by atoms with van der Waals surface area (Å²) in [6.07, 6.45) is 0.0373. The SMILES string of the molecule is O=C1CC(C(=O)N(Cc2ccccc2)c2ccccc2)c2ccc(F)cc2N1. The number of nitrogens with zero attached hydrogens (tertiary/aromatic N) is 1. The van der Waals surface area contributed by atoms with E-state index >= 15 is 0 Å². The van der Waals surface area contributed by atoms with Gasteiger partial charge in [-0.3, -0.25) is 9.59 Å². The minimum atomic E-state index is -0.659. The van der Waals surface area contributed by atoms with Crippen molar-refractivity contribution >= 4 is 23.2 Å². The molecule has 1 atom stereocenters. The lowest BCUT2D eigenvalue weighted by atomic mass is 9.89. The van der Waals surface area contributed by atoms with E-state index in [9.17, 15) is 14.0 Å². The summed E-state index contributed by atoms with van der Waals surface area (Å²) < 4.78 is 13.6. The van der Waals surface area contributed by atoms with E-state index < -0.39 is 11.7 Å². The van der Waals surface area contributed by atoms with Crippen molar-refractivity contribution in [2.75, 3.05) is 10.2 Å². The zero-order chi connectivity index (χ0) is 19.5. The van der Waals surface area contributed by atoms with Gasteiger partial charge in [0.25, 0.3) is 0 Å². The van der Waals surface area contributed by atoms with Crippen molar-refractivity contribution in [2.24, 2.45) is 0 Å². The van der Waals surface area contributed by atoms with Crippen LogP contribution in [0.15, 0.2) is 78.9 Å². The summed E-state index contributed by atoms with van der Waals surface area (Å²) in [7, 11) is 0. The number of fused-ring (bicyclic) bond motifs is 1. The van der Waals surface area contributed by atoms with Crippen molar-refractivity contribution in [3.8, 4) is 0 Å². The maximum absolute atomic E-state index is 13.6. The zero-order valence-electron chi connectivity index (χ0n) is 15.1. The second kappa shape index (κ2) is 7.64. The van der Waals surface area contributed by atoms with Gasteiger partial charge >= 0.3 is 0 Å². The Morgan fingerprint density at radius 2 is 1.68 bits per heavy atom. The van der Waals surface area contributed by atoms with E-state index in [4.69, 9.17) is 0 Å². The number of anilines is 2. The highest BCUT2D eigenvalue weighted by molar-refractivity contribution is 6.06. The summed E-state index contributed by atoms with van der Waals surface area (Å²) in [5, 5.41) is 2.66. The normalized spacial score (nSPS) is 15.5. The first kappa shape index (κ1) is 17.9. The molecule has 0 saturated heterocycles. The molecule has 3 aromatic rings. The molecular weight excluding hydrogens is 355 g/mol. The van der Waals surface area contributed by atoms with E-state index in [1.54, 1.807) is 11.0 Å². The number of hydrogen-bond acceptors (Lipinski definition) is 2. The third-order valence-corrected chi connectivity index (χ3v) is 4.87. The van der Waals surface area contributed by atoms with Gasteiger partial charge in [-0.1, -0.05) is 54.6 Å². The van der Waals surface area contributed by atoms with Gasteiger partial charge in [-0.2, -0.15) is 0 Å². The standard InChI is InChI=1S/C23H19FN2O2/c24-17-11-12-19-20(14-22(27)25-21(19)13-17)23(28)26(18-9-5-2-6-10-18)15-16-7-3-1-4-8-16/h1-13,20H,14-15H2,(H,25,27). The lowest BCUT2D eigenvalue weighted by Gasteiger charge is -2.31. The van der Waals surface area contributed by atoms with Gasteiger partial charge in [0.2, 0.25) is 11.8 Å². The molecule has 5 heteroatoms. The molecule has 1 aliphatic rings. The first-order valence-corrected chi connectivity index (χ1v) is 9.11. The molecule has 0 bridgehead atoms. The average molecular weight is 374 g/mol. The molecule has 0 aromatic heterocycles. The lowest BCUT2D eigenvalue weighted by Crippen LogP contribution is -2.38. The van der Waals surface area contributed by atoms with Gasteiger partial charge < -0.3 is 10.2 Å². The first-order valence-electron chi connectivity index (χ1n) is 9.11. The van der Waals surface area contributed by atoms with Crippen LogP contribution in [0.2, 0.25) is 0 Å². The van der Waals surface area contributed by atoms with E-state index in [0.717, 1.165) is 11.3 Å². The number of hydrogen-bond donors (Lipinski definition) is 1. The van der Waals surface area contributed by atoms with Crippen LogP contribution < -0.4 is 10.2 Å². The molecule has 0 radical (unpaired) electrons. The average Bonchev–Trinajstić information content (AvgIpc) is 2.72. The highest BCUT2D eigenvalue weighted by Gasteiger charge is 2.34. The van der Waals surface area contributed by atoms with Crippen LogP contribution in [0.5, 0.6) is 0 Å². The van der Waals surface area contributed by atoms with E-state index in [1.807, 2.05) is 60.7 Å². The lowest BCUT2D eigenvalue weighted by molar-refractivity contribution is -0.124. The van der Waals surface area contributed by atoms with Gasteiger partial charge in [0.15, 0.2) is 0 Å². The van der Waals surface area contributed by atoms with Gasteiger partial charge in [0.05, 0.1) is 12.5 Å². The van der Waals surface area contributed by atoms with Gasteiger partial charge in [0.1, 0.15) is 5.82 Å². The first-order chi connectivity index (χ1) is 13.6. The van der Waals surface area contributed by atoms with Crippen LogP contribution in [0.1, 0.15) is 23.5 Å². The number of nitrogens with one attached hydrogen (secondary N) is 1. The Kier molecular flexibility index (Phi) is 4.89. The number of halogens is 1. The Balaban J connectivity index is 1.73. The maximum atomic E-state index is 13.6. The van der Waals surface area contributed by atoms with Crippen molar-refractivity contribution in [2.45, 2.75) is 18.9 Å². The smallest absolute Gasteiger partial charge is 0.235 e.